The molecule has 0 unspecified atom stereocenters. The normalized spacial score (nSPS) is 22.6. The number of carboxylic acids is 1. The largest absolute Gasteiger partial charge is 0.480 e. The Kier molecular flexibility index (Phi) is 5.57. The molecule has 7 heteroatoms. The molecule has 120 valence electrons. The first-order valence-corrected chi connectivity index (χ1v) is 7.06. The van der Waals surface area contributed by atoms with Crippen LogP contribution in [0.3, 0.4) is 0 Å². The van der Waals surface area contributed by atoms with Gasteiger partial charge in [-0.2, -0.15) is 0 Å². The number of hydrogen-bond donors (Lipinski definition) is 1. The molecule has 1 saturated heterocycles. The second kappa shape index (κ2) is 6.78. The van der Waals surface area contributed by atoms with Crippen molar-refractivity contribution >= 4 is 18.0 Å². The molecule has 0 bridgehead atoms. The van der Waals surface area contributed by atoms with E-state index >= 15 is 0 Å². The Hall–Kier alpha value is -1.79. The molecular weight excluding hydrogens is 278 g/mol. The predicted molar refractivity (Wildman–Crippen MR) is 73.7 cm³/mol. The number of esters is 1. The summed E-state index contributed by atoms with van der Waals surface area (Å²) in [6.07, 6.45) is 0.200. The molecule has 1 amide bonds. The van der Waals surface area contributed by atoms with Gasteiger partial charge >= 0.3 is 18.0 Å². The van der Waals surface area contributed by atoms with Gasteiger partial charge in [-0.15, -0.1) is 0 Å². The van der Waals surface area contributed by atoms with Crippen molar-refractivity contribution in [3.05, 3.63) is 0 Å². The van der Waals surface area contributed by atoms with Gasteiger partial charge in [-0.1, -0.05) is 0 Å². The minimum atomic E-state index is -1.24. The minimum absolute atomic E-state index is 0.175. The Bertz CT molecular complexity index is 414. The molecule has 2 atom stereocenters. The summed E-state index contributed by atoms with van der Waals surface area (Å²) in [6, 6.07) is -1.24. The molecule has 1 aliphatic heterocycles. The van der Waals surface area contributed by atoms with Gasteiger partial charge in [0.25, 0.3) is 0 Å². The smallest absolute Gasteiger partial charge is 0.411 e. The van der Waals surface area contributed by atoms with Gasteiger partial charge in [0.2, 0.25) is 0 Å². The topological polar surface area (TPSA) is 93.1 Å². The Morgan fingerprint density at radius 2 is 1.90 bits per heavy atom. The number of hydrogen-bond acceptors (Lipinski definition) is 5. The van der Waals surface area contributed by atoms with Crippen LogP contribution in [0.1, 0.15) is 40.5 Å². The van der Waals surface area contributed by atoms with Gasteiger partial charge in [-0.05, 0) is 40.5 Å². The lowest BCUT2D eigenvalue weighted by Gasteiger charge is -2.38. The highest BCUT2D eigenvalue weighted by Gasteiger charge is 2.45. The highest BCUT2D eigenvalue weighted by Crippen LogP contribution is 2.27. The molecule has 1 rings (SSSR count). The fraction of sp³-hybridized carbons (Fsp3) is 0.786. The standard InChI is InChI=1S/C14H23NO6/c1-5-20-12(18)9-7-6-8-15(10(9)11(16)17)13(19)21-14(2,3)4/h9-10H,5-8H2,1-4H3,(H,16,17)/t9-,10-/m0/s1. The number of likely N-dealkylation sites (tertiary alicyclic amines) is 1. The summed E-state index contributed by atoms with van der Waals surface area (Å²) < 4.78 is 10.1. The Labute approximate surface area is 124 Å². The van der Waals surface area contributed by atoms with Gasteiger partial charge in [0.15, 0.2) is 0 Å². The first-order valence-electron chi connectivity index (χ1n) is 7.06. The van der Waals surface area contributed by atoms with Gasteiger partial charge in [0.05, 0.1) is 12.5 Å². The van der Waals surface area contributed by atoms with Crippen molar-refractivity contribution in [1.29, 1.82) is 0 Å². The van der Waals surface area contributed by atoms with E-state index in [9.17, 15) is 19.5 Å². The fourth-order valence-corrected chi connectivity index (χ4v) is 2.32. The molecule has 1 N–H and O–H groups in total. The fourth-order valence-electron chi connectivity index (χ4n) is 2.32. The average Bonchev–Trinajstić information content (AvgIpc) is 2.35. The summed E-state index contributed by atoms with van der Waals surface area (Å²) in [6.45, 7) is 7.19. The molecule has 0 aromatic heterocycles. The second-order valence-electron chi connectivity index (χ2n) is 5.96. The van der Waals surface area contributed by atoms with Crippen LogP contribution in [-0.2, 0) is 19.1 Å². The number of carbonyl (C=O) groups is 3. The van der Waals surface area contributed by atoms with Crippen molar-refractivity contribution in [1.82, 2.24) is 4.90 Å². The Morgan fingerprint density at radius 3 is 2.38 bits per heavy atom. The molecule has 0 radical (unpaired) electrons. The van der Waals surface area contributed by atoms with Crippen molar-refractivity contribution < 1.29 is 29.0 Å². The first-order chi connectivity index (χ1) is 9.67. The maximum Gasteiger partial charge on any atom is 0.411 e. The predicted octanol–water partition coefficient (Wildman–Crippen LogP) is 1.65. The van der Waals surface area contributed by atoms with E-state index in [1.54, 1.807) is 27.7 Å². The average molecular weight is 301 g/mol. The maximum absolute atomic E-state index is 12.1. The number of aliphatic carboxylic acids is 1. The highest BCUT2D eigenvalue weighted by atomic mass is 16.6. The van der Waals surface area contributed by atoms with E-state index in [4.69, 9.17) is 9.47 Å². The van der Waals surface area contributed by atoms with Crippen LogP contribution in [0.25, 0.3) is 0 Å². The molecule has 1 heterocycles. The lowest BCUT2D eigenvalue weighted by Crippen LogP contribution is -2.55. The van der Waals surface area contributed by atoms with Crippen LogP contribution >= 0.6 is 0 Å². The van der Waals surface area contributed by atoms with Crippen LogP contribution in [0.15, 0.2) is 0 Å². The van der Waals surface area contributed by atoms with E-state index in [1.165, 1.54) is 0 Å². The van der Waals surface area contributed by atoms with Crippen LogP contribution in [-0.4, -0.2) is 52.8 Å². The summed E-state index contributed by atoms with van der Waals surface area (Å²) in [5.41, 5.74) is -0.725. The number of carbonyl (C=O) groups excluding carboxylic acids is 2. The van der Waals surface area contributed by atoms with E-state index in [2.05, 4.69) is 0 Å². The van der Waals surface area contributed by atoms with Crippen molar-refractivity contribution in [2.24, 2.45) is 5.92 Å². The van der Waals surface area contributed by atoms with Crippen molar-refractivity contribution in [3.63, 3.8) is 0 Å². The number of rotatable bonds is 3. The SMILES string of the molecule is CCOC(=O)[C@H]1CCCN(C(=O)OC(C)(C)C)[C@@H]1C(=O)O. The van der Waals surface area contributed by atoms with Gasteiger partial charge in [-0.25, -0.2) is 9.59 Å². The molecule has 0 spiro atoms. The van der Waals surface area contributed by atoms with E-state index in [0.29, 0.717) is 12.8 Å². The first kappa shape index (κ1) is 17.3. The van der Waals surface area contributed by atoms with Gasteiger partial charge in [0, 0.05) is 6.54 Å². The number of nitrogens with zero attached hydrogens (tertiary/aromatic N) is 1. The number of amides is 1. The molecule has 0 aromatic carbocycles. The summed E-state index contributed by atoms with van der Waals surface area (Å²) in [5, 5.41) is 9.39. The van der Waals surface area contributed by atoms with Crippen LogP contribution in [0.5, 0.6) is 0 Å². The molecule has 7 nitrogen and oxygen atoms in total. The quantitative estimate of drug-likeness (QED) is 0.797. The molecule has 0 aliphatic carbocycles. The zero-order valence-electron chi connectivity index (χ0n) is 12.9. The van der Waals surface area contributed by atoms with Crippen molar-refractivity contribution in [2.75, 3.05) is 13.2 Å². The maximum atomic E-state index is 12.1. The molecule has 0 saturated carbocycles. The van der Waals surface area contributed by atoms with E-state index in [0.717, 1.165) is 4.90 Å². The minimum Gasteiger partial charge on any atom is -0.480 e. The molecule has 1 fully saturated rings. The zero-order valence-corrected chi connectivity index (χ0v) is 12.9. The number of ether oxygens (including phenoxy) is 2. The highest BCUT2D eigenvalue weighted by molar-refractivity contribution is 5.87. The third kappa shape index (κ3) is 4.61. The van der Waals surface area contributed by atoms with E-state index in [1.807, 2.05) is 0 Å². The number of carboxylic acid groups (broad SMARTS) is 1. The molecule has 1 aliphatic rings. The lowest BCUT2D eigenvalue weighted by molar-refractivity contribution is -0.161. The molecular formula is C14H23NO6. The summed E-state index contributed by atoms with van der Waals surface area (Å²) in [4.78, 5) is 36.7. The van der Waals surface area contributed by atoms with Crippen molar-refractivity contribution in [2.45, 2.75) is 52.2 Å². The van der Waals surface area contributed by atoms with Gasteiger partial charge < -0.3 is 14.6 Å². The third-order valence-corrected chi connectivity index (χ3v) is 3.10. The Balaban J connectivity index is 2.94. The summed E-state index contributed by atoms with van der Waals surface area (Å²) in [7, 11) is 0. The summed E-state index contributed by atoms with van der Waals surface area (Å²) >= 11 is 0. The lowest BCUT2D eigenvalue weighted by atomic mass is 9.89. The van der Waals surface area contributed by atoms with Crippen LogP contribution < -0.4 is 0 Å². The second-order valence-corrected chi connectivity index (χ2v) is 5.96. The van der Waals surface area contributed by atoms with Crippen LogP contribution in [0, 0.1) is 5.92 Å². The monoisotopic (exact) mass is 301 g/mol. The molecule has 0 aromatic rings. The Morgan fingerprint density at radius 1 is 1.29 bits per heavy atom. The van der Waals surface area contributed by atoms with E-state index in [-0.39, 0.29) is 13.2 Å². The summed E-state index contributed by atoms with van der Waals surface area (Å²) in [5.74, 6) is -2.67. The number of piperidine rings is 1. The van der Waals surface area contributed by atoms with Crippen LogP contribution in [0.4, 0.5) is 4.79 Å². The third-order valence-electron chi connectivity index (χ3n) is 3.10. The zero-order chi connectivity index (χ0) is 16.2. The van der Waals surface area contributed by atoms with Gasteiger partial charge in [-0.3, -0.25) is 9.69 Å². The van der Waals surface area contributed by atoms with E-state index < -0.39 is 35.6 Å². The molecule has 21 heavy (non-hydrogen) atoms. The van der Waals surface area contributed by atoms with Crippen molar-refractivity contribution in [3.8, 4) is 0 Å². The van der Waals surface area contributed by atoms with Crippen LogP contribution in [0.2, 0.25) is 0 Å². The van der Waals surface area contributed by atoms with Gasteiger partial charge in [0.1, 0.15) is 11.6 Å².